The average molecular weight is 824 g/mol. The number of esters is 1. The molecule has 0 saturated carbocycles. The molecule has 0 spiro atoms. The molecule has 0 aliphatic heterocycles. The van der Waals surface area contributed by atoms with E-state index >= 15 is 0 Å². The van der Waals surface area contributed by atoms with Crippen LogP contribution >= 0.6 is 7.82 Å². The van der Waals surface area contributed by atoms with Crippen molar-refractivity contribution >= 4 is 19.8 Å². The Hall–Kier alpha value is -2.33. The number of phosphoric ester groups is 1. The molecule has 0 amide bonds. The minimum atomic E-state index is -4.62. The molecule has 0 aromatic carbocycles. The first-order valence-electron chi connectivity index (χ1n) is 22.3. The fourth-order valence-electron chi connectivity index (χ4n) is 5.81. The van der Waals surface area contributed by atoms with Crippen molar-refractivity contribution in [1.82, 2.24) is 0 Å². The zero-order chi connectivity index (χ0) is 41.9. The quantitative estimate of drug-likeness (QED) is 0.0234. The lowest BCUT2D eigenvalue weighted by molar-refractivity contribution is -0.154. The summed E-state index contributed by atoms with van der Waals surface area (Å²) in [6.07, 6.45) is 49.9. The van der Waals surface area contributed by atoms with Crippen molar-refractivity contribution in [3.05, 3.63) is 60.8 Å². The lowest BCUT2D eigenvalue weighted by Gasteiger charge is -2.20. The number of carboxylic acid groups (broad SMARTS) is 1. The Morgan fingerprint density at radius 3 is 1.54 bits per heavy atom. The first kappa shape index (κ1) is 54.7. The molecule has 0 saturated heterocycles. The molecule has 0 aliphatic rings. The minimum absolute atomic E-state index is 0.00911. The van der Waals surface area contributed by atoms with Crippen LogP contribution in [0.15, 0.2) is 60.8 Å². The van der Waals surface area contributed by atoms with Crippen LogP contribution in [0.1, 0.15) is 181 Å². The van der Waals surface area contributed by atoms with Gasteiger partial charge in [0.1, 0.15) is 12.1 Å². The number of hydrogen-bond donors (Lipinski definition) is 3. The SMILES string of the molecule is CC/C=C\C/C=C\C/C=C\C/C=C\CCCCCCCCCCCCC(=O)OC(COCCCCCCCC/C=C\CCCC)COP(=O)(O)OCC(N)C(=O)O. The Bertz CT molecular complexity index is 1140. The van der Waals surface area contributed by atoms with Crippen molar-refractivity contribution in [3.63, 3.8) is 0 Å². The van der Waals surface area contributed by atoms with E-state index in [1.807, 2.05) is 0 Å². The average Bonchev–Trinajstić information content (AvgIpc) is 3.19. The third-order valence-electron chi connectivity index (χ3n) is 9.28. The van der Waals surface area contributed by atoms with Gasteiger partial charge in [-0.05, 0) is 70.6 Å². The second-order valence-corrected chi connectivity index (χ2v) is 16.2. The number of allylic oxidation sites excluding steroid dienone is 10. The van der Waals surface area contributed by atoms with Crippen LogP contribution in [0.25, 0.3) is 0 Å². The highest BCUT2D eigenvalue weighted by atomic mass is 31.2. The summed E-state index contributed by atoms with van der Waals surface area (Å²) in [6, 6.07) is -1.48. The lowest BCUT2D eigenvalue weighted by atomic mass is 10.0. The van der Waals surface area contributed by atoms with Crippen LogP contribution in [0.5, 0.6) is 0 Å². The van der Waals surface area contributed by atoms with Crippen molar-refractivity contribution in [3.8, 4) is 0 Å². The highest BCUT2D eigenvalue weighted by Gasteiger charge is 2.27. The molecule has 0 radical (unpaired) electrons. The number of rotatable bonds is 42. The molecule has 0 aromatic heterocycles. The third kappa shape index (κ3) is 41.6. The van der Waals surface area contributed by atoms with Crippen LogP contribution in [-0.2, 0) is 32.7 Å². The Labute approximate surface area is 347 Å². The molecule has 0 aromatic rings. The number of ether oxygens (including phenoxy) is 2. The van der Waals surface area contributed by atoms with Crippen molar-refractivity contribution in [2.45, 2.75) is 193 Å². The predicted octanol–water partition coefficient (Wildman–Crippen LogP) is 12.4. The van der Waals surface area contributed by atoms with Gasteiger partial charge in [0.25, 0.3) is 0 Å². The van der Waals surface area contributed by atoms with Crippen molar-refractivity contribution in [2.75, 3.05) is 26.4 Å². The molecule has 57 heavy (non-hydrogen) atoms. The van der Waals surface area contributed by atoms with Gasteiger partial charge in [-0.2, -0.15) is 0 Å². The third-order valence-corrected chi connectivity index (χ3v) is 10.2. The highest BCUT2D eigenvalue weighted by molar-refractivity contribution is 7.47. The first-order valence-corrected chi connectivity index (χ1v) is 23.8. The summed E-state index contributed by atoms with van der Waals surface area (Å²) in [5, 5.41) is 8.89. The van der Waals surface area contributed by atoms with Crippen molar-refractivity contribution in [1.29, 1.82) is 0 Å². The van der Waals surface area contributed by atoms with Gasteiger partial charge in [0, 0.05) is 13.0 Å². The van der Waals surface area contributed by atoms with Crippen LogP contribution in [0.4, 0.5) is 0 Å². The Kier molecular flexibility index (Phi) is 40.1. The molecular weight excluding hydrogens is 741 g/mol. The molecule has 0 aliphatic carbocycles. The summed E-state index contributed by atoms with van der Waals surface area (Å²) in [5.74, 6) is -1.79. The molecule has 0 rings (SSSR count). The maximum Gasteiger partial charge on any atom is 0.472 e. The van der Waals surface area contributed by atoms with Crippen molar-refractivity contribution in [2.24, 2.45) is 5.73 Å². The fourth-order valence-corrected chi connectivity index (χ4v) is 6.59. The summed E-state index contributed by atoms with van der Waals surface area (Å²) >= 11 is 0. The van der Waals surface area contributed by atoms with Gasteiger partial charge in [-0.25, -0.2) is 4.57 Å². The molecule has 0 fully saturated rings. The van der Waals surface area contributed by atoms with E-state index in [9.17, 15) is 19.0 Å². The zero-order valence-corrected chi connectivity index (χ0v) is 36.8. The van der Waals surface area contributed by atoms with E-state index in [1.165, 1.54) is 77.0 Å². The Morgan fingerprint density at radius 1 is 0.579 bits per heavy atom. The smallest absolute Gasteiger partial charge is 0.472 e. The molecule has 3 unspecified atom stereocenters. The number of carboxylic acids is 1. The van der Waals surface area contributed by atoms with Crippen LogP contribution in [-0.4, -0.2) is 60.5 Å². The number of carbonyl (C=O) groups excluding carboxylic acids is 1. The summed E-state index contributed by atoms with van der Waals surface area (Å²) < 4.78 is 33.3. The van der Waals surface area contributed by atoms with Crippen LogP contribution in [0, 0.1) is 0 Å². The second kappa shape index (κ2) is 41.8. The Morgan fingerprint density at radius 2 is 1.02 bits per heavy atom. The molecule has 3 atom stereocenters. The largest absolute Gasteiger partial charge is 0.480 e. The van der Waals surface area contributed by atoms with Gasteiger partial charge in [-0.3, -0.25) is 18.6 Å². The van der Waals surface area contributed by atoms with Gasteiger partial charge in [0.05, 0.1) is 19.8 Å². The molecule has 4 N–H and O–H groups in total. The van der Waals surface area contributed by atoms with E-state index in [2.05, 4.69) is 74.6 Å². The number of hydrogen-bond acceptors (Lipinski definition) is 8. The summed E-state index contributed by atoms with van der Waals surface area (Å²) in [7, 11) is -4.62. The second-order valence-electron chi connectivity index (χ2n) is 14.8. The van der Waals surface area contributed by atoms with Gasteiger partial charge < -0.3 is 25.2 Å². The Balaban J connectivity index is 4.17. The molecule has 330 valence electrons. The summed E-state index contributed by atoms with van der Waals surface area (Å²) in [5.41, 5.74) is 5.35. The monoisotopic (exact) mass is 824 g/mol. The van der Waals surface area contributed by atoms with Crippen molar-refractivity contribution < 1.29 is 42.7 Å². The maximum absolute atomic E-state index is 12.6. The topological polar surface area (TPSA) is 155 Å². The van der Waals surface area contributed by atoms with Crippen LogP contribution < -0.4 is 5.73 Å². The predicted molar refractivity (Wildman–Crippen MR) is 235 cm³/mol. The van der Waals surface area contributed by atoms with E-state index in [1.54, 1.807) is 0 Å². The maximum atomic E-state index is 12.6. The van der Waals surface area contributed by atoms with Gasteiger partial charge in [0.15, 0.2) is 0 Å². The number of aliphatic carboxylic acids is 1. The van der Waals surface area contributed by atoms with Gasteiger partial charge in [-0.1, -0.05) is 164 Å². The van der Waals surface area contributed by atoms with E-state index in [4.69, 9.17) is 29.4 Å². The molecule has 0 bridgehead atoms. The molecule has 11 heteroatoms. The highest BCUT2D eigenvalue weighted by Crippen LogP contribution is 2.43. The fraction of sp³-hybridized carbons (Fsp3) is 0.739. The standard InChI is InChI=1S/C46H82NO9P/c1-3-5-7-9-11-13-15-17-18-19-20-21-22-23-24-25-26-27-28-30-32-34-36-38-45(48)56-43(41-54-57(51,52)55-42-44(47)46(49)50)40-53-39-37-35-33-31-29-16-14-12-10-8-6-4-2/h5,7,10-13,17-18,20-21,43-44H,3-4,6,8-9,14-16,19,22-42,47H2,1-2H3,(H,49,50)(H,51,52)/b7-5-,12-10-,13-11-,18-17-,21-20-. The van der Waals surface area contributed by atoms with Crippen LogP contribution in [0.2, 0.25) is 0 Å². The normalized spacial score (nSPS) is 14.5. The lowest BCUT2D eigenvalue weighted by Crippen LogP contribution is -2.34. The van der Waals surface area contributed by atoms with E-state index < -0.39 is 45.1 Å². The summed E-state index contributed by atoms with van der Waals surface area (Å²) in [4.78, 5) is 33.5. The number of carbonyl (C=O) groups is 2. The minimum Gasteiger partial charge on any atom is -0.480 e. The molecule has 10 nitrogen and oxygen atoms in total. The number of nitrogens with two attached hydrogens (primary N) is 1. The van der Waals surface area contributed by atoms with Crippen LogP contribution in [0.3, 0.4) is 0 Å². The first-order chi connectivity index (χ1) is 27.7. The van der Waals surface area contributed by atoms with Gasteiger partial charge in [-0.15, -0.1) is 0 Å². The number of phosphoric acid groups is 1. The zero-order valence-electron chi connectivity index (χ0n) is 35.9. The molecule has 0 heterocycles. The van der Waals surface area contributed by atoms with E-state index in [0.29, 0.717) is 13.0 Å². The van der Waals surface area contributed by atoms with E-state index in [-0.39, 0.29) is 13.0 Å². The summed E-state index contributed by atoms with van der Waals surface area (Å²) in [6.45, 7) is 3.71. The van der Waals surface area contributed by atoms with E-state index in [0.717, 1.165) is 77.0 Å². The molecular formula is C46H82NO9P. The van der Waals surface area contributed by atoms with Gasteiger partial charge >= 0.3 is 19.8 Å². The van der Waals surface area contributed by atoms with Gasteiger partial charge in [0.2, 0.25) is 0 Å². The number of unbranched alkanes of at least 4 members (excludes halogenated alkanes) is 18.